The van der Waals surface area contributed by atoms with Gasteiger partial charge in [-0.25, -0.2) is 0 Å². The molecule has 0 aliphatic rings. The summed E-state index contributed by atoms with van der Waals surface area (Å²) in [4.78, 5) is 9.83. The van der Waals surface area contributed by atoms with Crippen LogP contribution in [0.25, 0.3) is 0 Å². The summed E-state index contributed by atoms with van der Waals surface area (Å²) in [5, 5.41) is 10.3. The Morgan fingerprint density at radius 1 is 1.62 bits per heavy atom. The van der Waals surface area contributed by atoms with Gasteiger partial charge in [-0.15, -0.1) is 0 Å². The monoisotopic (exact) mass is 294 g/mol. The summed E-state index contributed by atoms with van der Waals surface area (Å²) in [6.07, 6.45) is 0. The fourth-order valence-electron chi connectivity index (χ4n) is 0.840. The van der Waals surface area contributed by atoms with Gasteiger partial charge >= 0.3 is 0 Å². The maximum absolute atomic E-state index is 10.3. The van der Waals surface area contributed by atoms with Gasteiger partial charge in [0.25, 0.3) is 5.69 Å². The van der Waals surface area contributed by atoms with Crippen molar-refractivity contribution >= 4 is 34.0 Å². The standard InChI is InChI=1S/C7H7IN2O3/c8-4-13-7-2-1-5(10(11)12)3-6(7)9/h1-3H,4,9H2. The van der Waals surface area contributed by atoms with Gasteiger partial charge in [0.05, 0.1) is 10.6 Å². The van der Waals surface area contributed by atoms with Crippen LogP contribution < -0.4 is 10.5 Å². The van der Waals surface area contributed by atoms with Crippen LogP contribution in [0.3, 0.4) is 0 Å². The SMILES string of the molecule is Nc1cc([N+](=O)[O-])ccc1OCI. The van der Waals surface area contributed by atoms with E-state index in [4.69, 9.17) is 10.5 Å². The molecular formula is C7H7IN2O3. The summed E-state index contributed by atoms with van der Waals surface area (Å²) in [7, 11) is 0. The molecule has 0 bridgehead atoms. The van der Waals surface area contributed by atoms with Crippen LogP contribution in [0.5, 0.6) is 5.75 Å². The lowest BCUT2D eigenvalue weighted by molar-refractivity contribution is -0.384. The van der Waals surface area contributed by atoms with Crippen LogP contribution in [0.4, 0.5) is 11.4 Å². The second kappa shape index (κ2) is 4.26. The Hall–Kier alpha value is -1.05. The van der Waals surface area contributed by atoms with Crippen molar-refractivity contribution in [3.63, 3.8) is 0 Å². The van der Waals surface area contributed by atoms with Crippen molar-refractivity contribution in [2.24, 2.45) is 0 Å². The maximum Gasteiger partial charge on any atom is 0.271 e. The Morgan fingerprint density at radius 2 is 2.31 bits per heavy atom. The van der Waals surface area contributed by atoms with E-state index < -0.39 is 4.92 Å². The fourth-order valence-corrected chi connectivity index (χ4v) is 1.18. The van der Waals surface area contributed by atoms with Crippen molar-refractivity contribution in [2.75, 3.05) is 10.3 Å². The number of benzene rings is 1. The van der Waals surface area contributed by atoms with Gasteiger partial charge in [-0.05, 0) is 28.7 Å². The quantitative estimate of drug-likeness (QED) is 0.304. The van der Waals surface area contributed by atoms with Gasteiger partial charge in [0.15, 0.2) is 0 Å². The number of halogens is 1. The minimum absolute atomic E-state index is 0.0293. The van der Waals surface area contributed by atoms with Gasteiger partial charge in [-0.3, -0.25) is 10.1 Å². The summed E-state index contributed by atoms with van der Waals surface area (Å²) >= 11 is 2.02. The van der Waals surface area contributed by atoms with Crippen molar-refractivity contribution in [1.29, 1.82) is 0 Å². The smallest absolute Gasteiger partial charge is 0.271 e. The Balaban J connectivity index is 2.98. The summed E-state index contributed by atoms with van der Waals surface area (Å²) in [5.41, 5.74) is 5.77. The summed E-state index contributed by atoms with van der Waals surface area (Å²) in [6.45, 7) is 0. The second-order valence-electron chi connectivity index (χ2n) is 2.23. The number of alkyl halides is 1. The van der Waals surface area contributed by atoms with E-state index in [9.17, 15) is 10.1 Å². The molecule has 0 heterocycles. The molecule has 0 aliphatic heterocycles. The number of anilines is 1. The van der Waals surface area contributed by atoms with Crippen molar-refractivity contribution in [3.8, 4) is 5.75 Å². The van der Waals surface area contributed by atoms with Crippen molar-refractivity contribution < 1.29 is 9.66 Å². The van der Waals surface area contributed by atoms with Crippen molar-refractivity contribution in [1.82, 2.24) is 0 Å². The Bertz CT molecular complexity index is 330. The van der Waals surface area contributed by atoms with Gasteiger partial charge in [0.2, 0.25) is 0 Å². The lowest BCUT2D eigenvalue weighted by atomic mass is 10.2. The minimum Gasteiger partial charge on any atom is -0.481 e. The maximum atomic E-state index is 10.3. The van der Waals surface area contributed by atoms with Crippen LogP contribution in [-0.4, -0.2) is 9.54 Å². The number of ether oxygens (including phenoxy) is 1. The zero-order valence-electron chi connectivity index (χ0n) is 6.57. The number of nitrogens with zero attached hydrogens (tertiary/aromatic N) is 1. The van der Waals surface area contributed by atoms with Crippen molar-refractivity contribution in [2.45, 2.75) is 0 Å². The van der Waals surface area contributed by atoms with Gasteiger partial charge < -0.3 is 10.5 Å². The Morgan fingerprint density at radius 3 is 2.77 bits per heavy atom. The number of nitro benzene ring substituents is 1. The highest BCUT2D eigenvalue weighted by Crippen LogP contribution is 2.26. The summed E-state index contributed by atoms with van der Waals surface area (Å²) in [6, 6.07) is 4.13. The molecule has 0 unspecified atom stereocenters. The first-order valence-electron chi connectivity index (χ1n) is 3.38. The van der Waals surface area contributed by atoms with Crippen LogP contribution in [0, 0.1) is 10.1 Å². The number of non-ortho nitro benzene ring substituents is 1. The predicted molar refractivity (Wildman–Crippen MR) is 57.0 cm³/mol. The Kier molecular flexibility index (Phi) is 3.29. The highest BCUT2D eigenvalue weighted by molar-refractivity contribution is 14.1. The largest absolute Gasteiger partial charge is 0.481 e. The molecule has 2 N–H and O–H groups in total. The molecule has 0 aromatic heterocycles. The third-order valence-corrected chi connectivity index (χ3v) is 1.73. The van der Waals surface area contributed by atoms with E-state index in [2.05, 4.69) is 0 Å². The molecule has 1 rings (SSSR count). The molecule has 0 spiro atoms. The van der Waals surface area contributed by atoms with Crippen molar-refractivity contribution in [3.05, 3.63) is 28.3 Å². The van der Waals surface area contributed by atoms with Gasteiger partial charge in [0.1, 0.15) is 10.4 Å². The molecule has 6 heteroatoms. The molecule has 0 aliphatic carbocycles. The normalized spacial score (nSPS) is 9.62. The number of nitrogen functional groups attached to an aromatic ring is 1. The zero-order chi connectivity index (χ0) is 9.84. The summed E-state index contributed by atoms with van der Waals surface area (Å²) < 4.78 is 5.57. The van der Waals surface area contributed by atoms with E-state index in [0.29, 0.717) is 10.4 Å². The number of rotatable bonds is 3. The molecule has 5 nitrogen and oxygen atoms in total. The van der Waals surface area contributed by atoms with E-state index in [0.717, 1.165) is 0 Å². The van der Waals surface area contributed by atoms with Gasteiger partial charge in [-0.1, -0.05) is 0 Å². The lowest BCUT2D eigenvalue weighted by Gasteiger charge is -2.04. The number of nitro groups is 1. The first-order valence-corrected chi connectivity index (χ1v) is 4.90. The minimum atomic E-state index is -0.496. The topological polar surface area (TPSA) is 78.4 Å². The Labute approximate surface area is 88.2 Å². The van der Waals surface area contributed by atoms with Crippen LogP contribution in [0.2, 0.25) is 0 Å². The third kappa shape index (κ3) is 2.44. The van der Waals surface area contributed by atoms with Gasteiger partial charge in [0, 0.05) is 12.1 Å². The highest BCUT2D eigenvalue weighted by atomic mass is 127. The van der Waals surface area contributed by atoms with Crippen LogP contribution >= 0.6 is 22.6 Å². The van der Waals surface area contributed by atoms with Crippen LogP contribution in [-0.2, 0) is 0 Å². The average Bonchev–Trinajstić information content (AvgIpc) is 2.08. The molecule has 70 valence electrons. The molecule has 13 heavy (non-hydrogen) atoms. The van der Waals surface area contributed by atoms with E-state index in [-0.39, 0.29) is 11.4 Å². The van der Waals surface area contributed by atoms with E-state index in [1.165, 1.54) is 18.2 Å². The highest BCUT2D eigenvalue weighted by Gasteiger charge is 2.08. The molecule has 0 amide bonds. The van der Waals surface area contributed by atoms with E-state index in [1.807, 2.05) is 22.6 Å². The third-order valence-electron chi connectivity index (χ3n) is 1.41. The zero-order valence-corrected chi connectivity index (χ0v) is 8.72. The average molecular weight is 294 g/mol. The number of nitrogens with two attached hydrogens (primary N) is 1. The summed E-state index contributed by atoms with van der Waals surface area (Å²) in [5.74, 6) is 0.472. The van der Waals surface area contributed by atoms with Gasteiger partial charge in [-0.2, -0.15) is 0 Å². The number of hydrogen-bond donors (Lipinski definition) is 1. The molecular weight excluding hydrogens is 287 g/mol. The van der Waals surface area contributed by atoms with E-state index >= 15 is 0 Å². The molecule has 1 aromatic rings. The first-order chi connectivity index (χ1) is 6.15. The molecule has 1 aromatic carbocycles. The molecule has 0 fully saturated rings. The second-order valence-corrected chi connectivity index (χ2v) is 2.86. The number of hydrogen-bond acceptors (Lipinski definition) is 4. The molecule has 0 saturated carbocycles. The molecule has 0 atom stereocenters. The molecule has 0 saturated heterocycles. The van der Waals surface area contributed by atoms with Crippen LogP contribution in [0.15, 0.2) is 18.2 Å². The predicted octanol–water partition coefficient (Wildman–Crippen LogP) is 1.95. The molecule has 0 radical (unpaired) electrons. The van der Waals surface area contributed by atoms with E-state index in [1.54, 1.807) is 0 Å². The lowest BCUT2D eigenvalue weighted by Crippen LogP contribution is -1.96. The fraction of sp³-hybridized carbons (Fsp3) is 0.143. The first kappa shape index (κ1) is 10.0. The van der Waals surface area contributed by atoms with Crippen LogP contribution in [0.1, 0.15) is 0 Å².